The van der Waals surface area contributed by atoms with Gasteiger partial charge in [-0.05, 0) is 13.8 Å². The molecule has 5 nitrogen and oxygen atoms in total. The lowest BCUT2D eigenvalue weighted by molar-refractivity contribution is -0.156. The highest BCUT2D eigenvalue weighted by Gasteiger charge is 2.28. The number of esters is 1. The molecule has 86 valence electrons. The number of hydrogen-bond donors (Lipinski definition) is 0. The van der Waals surface area contributed by atoms with Gasteiger partial charge in [-0.2, -0.15) is 0 Å². The zero-order valence-corrected chi connectivity index (χ0v) is 9.19. The normalized spacial score (nSPS) is 18.4. The Balaban J connectivity index is 2.47. The van der Waals surface area contributed by atoms with Crippen molar-refractivity contribution in [2.45, 2.75) is 13.8 Å². The van der Waals surface area contributed by atoms with E-state index in [0.717, 1.165) is 0 Å². The van der Waals surface area contributed by atoms with E-state index < -0.39 is 11.9 Å². The van der Waals surface area contributed by atoms with Crippen LogP contribution in [-0.2, 0) is 19.1 Å². The fourth-order valence-corrected chi connectivity index (χ4v) is 1.43. The van der Waals surface area contributed by atoms with Crippen molar-refractivity contribution in [3.63, 3.8) is 0 Å². The van der Waals surface area contributed by atoms with Crippen LogP contribution < -0.4 is 0 Å². The molecular weight excluding hydrogens is 198 g/mol. The summed E-state index contributed by atoms with van der Waals surface area (Å²) in [5, 5.41) is 0. The van der Waals surface area contributed by atoms with Crippen LogP contribution >= 0.6 is 0 Å². The number of carbonyl (C=O) groups is 2. The second-order valence-corrected chi connectivity index (χ2v) is 3.41. The molecule has 0 N–H and O–H groups in total. The summed E-state index contributed by atoms with van der Waals surface area (Å²) >= 11 is 0. The zero-order valence-electron chi connectivity index (χ0n) is 9.19. The predicted molar refractivity (Wildman–Crippen MR) is 53.2 cm³/mol. The smallest absolute Gasteiger partial charge is 0.318 e. The number of carbonyl (C=O) groups excluding carboxylic acids is 2. The molecule has 0 saturated carbocycles. The van der Waals surface area contributed by atoms with E-state index in [1.54, 1.807) is 18.7 Å². The highest BCUT2D eigenvalue weighted by Crippen LogP contribution is 2.07. The number of nitrogens with zero attached hydrogens (tertiary/aromatic N) is 1. The lowest BCUT2D eigenvalue weighted by Gasteiger charge is -2.28. The van der Waals surface area contributed by atoms with Crippen molar-refractivity contribution in [1.29, 1.82) is 0 Å². The molecule has 1 aliphatic rings. The molecular formula is C10H17NO4. The third-order valence-corrected chi connectivity index (χ3v) is 2.33. The fourth-order valence-electron chi connectivity index (χ4n) is 1.43. The number of morpholine rings is 1. The summed E-state index contributed by atoms with van der Waals surface area (Å²) < 4.78 is 9.93. The first-order chi connectivity index (χ1) is 7.16. The van der Waals surface area contributed by atoms with Gasteiger partial charge in [0, 0.05) is 13.1 Å². The van der Waals surface area contributed by atoms with Crippen LogP contribution in [0.5, 0.6) is 0 Å². The van der Waals surface area contributed by atoms with E-state index in [0.29, 0.717) is 32.9 Å². The molecule has 1 atom stereocenters. The molecule has 5 heteroatoms. The van der Waals surface area contributed by atoms with Crippen LogP contribution in [0.2, 0.25) is 0 Å². The number of rotatable bonds is 3. The van der Waals surface area contributed by atoms with Crippen LogP contribution in [0.3, 0.4) is 0 Å². The van der Waals surface area contributed by atoms with Gasteiger partial charge in [0.2, 0.25) is 5.91 Å². The zero-order chi connectivity index (χ0) is 11.3. The van der Waals surface area contributed by atoms with E-state index >= 15 is 0 Å². The van der Waals surface area contributed by atoms with E-state index in [1.807, 2.05) is 0 Å². The van der Waals surface area contributed by atoms with Gasteiger partial charge in [0.1, 0.15) is 5.92 Å². The summed E-state index contributed by atoms with van der Waals surface area (Å²) in [5.74, 6) is -1.33. The van der Waals surface area contributed by atoms with Crippen molar-refractivity contribution >= 4 is 11.9 Å². The summed E-state index contributed by atoms with van der Waals surface area (Å²) in [5.41, 5.74) is 0. The third kappa shape index (κ3) is 3.20. The molecule has 1 aliphatic heterocycles. The summed E-state index contributed by atoms with van der Waals surface area (Å²) in [7, 11) is 0. The van der Waals surface area contributed by atoms with Crippen LogP contribution in [0.15, 0.2) is 0 Å². The Morgan fingerprint density at radius 1 is 1.40 bits per heavy atom. The standard InChI is InChI=1S/C10H17NO4/c1-3-15-10(13)8(2)9(12)11-4-6-14-7-5-11/h8H,3-7H2,1-2H3. The monoisotopic (exact) mass is 215 g/mol. The summed E-state index contributed by atoms with van der Waals surface area (Å²) in [6, 6.07) is 0. The third-order valence-electron chi connectivity index (χ3n) is 2.33. The Bertz CT molecular complexity index is 236. The van der Waals surface area contributed by atoms with Crippen LogP contribution in [0, 0.1) is 5.92 Å². The van der Waals surface area contributed by atoms with E-state index in [2.05, 4.69) is 0 Å². The average molecular weight is 215 g/mol. The summed E-state index contributed by atoms with van der Waals surface area (Å²) in [6.45, 7) is 5.81. The van der Waals surface area contributed by atoms with Gasteiger partial charge in [-0.25, -0.2) is 0 Å². The van der Waals surface area contributed by atoms with Gasteiger partial charge in [0.05, 0.1) is 19.8 Å². The number of amides is 1. The van der Waals surface area contributed by atoms with Gasteiger partial charge in [-0.3, -0.25) is 9.59 Å². The predicted octanol–water partition coefficient (Wildman–Crippen LogP) is 0.0444. The van der Waals surface area contributed by atoms with Crippen molar-refractivity contribution in [2.75, 3.05) is 32.9 Å². The molecule has 1 heterocycles. The molecule has 1 saturated heterocycles. The minimum Gasteiger partial charge on any atom is -0.465 e. The minimum absolute atomic E-state index is 0.170. The highest BCUT2D eigenvalue weighted by molar-refractivity contribution is 5.97. The van der Waals surface area contributed by atoms with Crippen molar-refractivity contribution in [3.8, 4) is 0 Å². The molecule has 1 unspecified atom stereocenters. The molecule has 1 rings (SSSR count). The quantitative estimate of drug-likeness (QED) is 0.493. The van der Waals surface area contributed by atoms with Crippen molar-refractivity contribution in [3.05, 3.63) is 0 Å². The lowest BCUT2D eigenvalue weighted by atomic mass is 10.1. The van der Waals surface area contributed by atoms with E-state index in [9.17, 15) is 9.59 Å². The first-order valence-corrected chi connectivity index (χ1v) is 5.20. The molecule has 15 heavy (non-hydrogen) atoms. The molecule has 1 fully saturated rings. The SMILES string of the molecule is CCOC(=O)C(C)C(=O)N1CCOCC1. The van der Waals surface area contributed by atoms with Crippen molar-refractivity contribution in [1.82, 2.24) is 4.90 Å². The Kier molecular flexibility index (Phi) is 4.55. The largest absolute Gasteiger partial charge is 0.465 e. The van der Waals surface area contributed by atoms with Gasteiger partial charge in [-0.1, -0.05) is 0 Å². The maximum Gasteiger partial charge on any atom is 0.318 e. The van der Waals surface area contributed by atoms with E-state index in [-0.39, 0.29) is 5.91 Å². The van der Waals surface area contributed by atoms with Crippen molar-refractivity contribution in [2.24, 2.45) is 5.92 Å². The molecule has 1 amide bonds. The van der Waals surface area contributed by atoms with Crippen LogP contribution in [0.1, 0.15) is 13.8 Å². The Labute approximate surface area is 89.3 Å². The average Bonchev–Trinajstić information content (AvgIpc) is 2.28. The second kappa shape index (κ2) is 5.70. The number of hydrogen-bond acceptors (Lipinski definition) is 4. The highest BCUT2D eigenvalue weighted by atomic mass is 16.5. The van der Waals surface area contributed by atoms with Gasteiger partial charge in [0.15, 0.2) is 0 Å². The minimum atomic E-state index is -0.706. The summed E-state index contributed by atoms with van der Waals surface area (Å²) in [4.78, 5) is 24.8. The molecule has 0 radical (unpaired) electrons. The number of ether oxygens (including phenoxy) is 2. The second-order valence-electron chi connectivity index (χ2n) is 3.41. The first kappa shape index (κ1) is 12.0. The molecule has 0 spiro atoms. The Morgan fingerprint density at radius 2 is 2.00 bits per heavy atom. The topological polar surface area (TPSA) is 55.8 Å². The van der Waals surface area contributed by atoms with Gasteiger partial charge >= 0.3 is 5.97 Å². The first-order valence-electron chi connectivity index (χ1n) is 5.20. The van der Waals surface area contributed by atoms with Gasteiger partial charge < -0.3 is 14.4 Å². The Hall–Kier alpha value is -1.10. The molecule has 0 aromatic heterocycles. The fraction of sp³-hybridized carbons (Fsp3) is 0.800. The van der Waals surface area contributed by atoms with Crippen LogP contribution in [0.25, 0.3) is 0 Å². The molecule has 0 aromatic rings. The van der Waals surface area contributed by atoms with Crippen LogP contribution in [0.4, 0.5) is 0 Å². The molecule has 0 bridgehead atoms. The van der Waals surface area contributed by atoms with E-state index in [1.165, 1.54) is 0 Å². The maximum absolute atomic E-state index is 11.8. The summed E-state index contributed by atoms with van der Waals surface area (Å²) in [6.07, 6.45) is 0. The maximum atomic E-state index is 11.8. The van der Waals surface area contributed by atoms with Gasteiger partial charge in [-0.15, -0.1) is 0 Å². The lowest BCUT2D eigenvalue weighted by Crippen LogP contribution is -2.45. The van der Waals surface area contributed by atoms with Gasteiger partial charge in [0.25, 0.3) is 0 Å². The van der Waals surface area contributed by atoms with Crippen LogP contribution in [-0.4, -0.2) is 49.7 Å². The molecule has 0 aliphatic carbocycles. The molecule has 0 aromatic carbocycles. The van der Waals surface area contributed by atoms with E-state index in [4.69, 9.17) is 9.47 Å². The Morgan fingerprint density at radius 3 is 2.53 bits per heavy atom. The van der Waals surface area contributed by atoms with Crippen molar-refractivity contribution < 1.29 is 19.1 Å².